The van der Waals surface area contributed by atoms with Gasteiger partial charge in [-0.1, -0.05) is 41.4 Å². The lowest BCUT2D eigenvalue weighted by Crippen LogP contribution is -2.53. The molecule has 45 heavy (non-hydrogen) atoms. The summed E-state index contributed by atoms with van der Waals surface area (Å²) in [5.74, 6) is -0.695. The predicted molar refractivity (Wildman–Crippen MR) is 169 cm³/mol. The number of nitrogens with two attached hydrogens (primary N) is 1. The van der Waals surface area contributed by atoms with Crippen molar-refractivity contribution in [2.45, 2.75) is 41.6 Å². The molecule has 1 aliphatic rings. The van der Waals surface area contributed by atoms with E-state index in [1.54, 1.807) is 24.4 Å². The summed E-state index contributed by atoms with van der Waals surface area (Å²) in [4.78, 5) is 17.6. The number of amides is 1. The van der Waals surface area contributed by atoms with E-state index in [4.69, 9.17) is 33.2 Å². The van der Waals surface area contributed by atoms with Crippen molar-refractivity contribution in [1.82, 2.24) is 18.9 Å². The van der Waals surface area contributed by atoms with E-state index in [0.29, 0.717) is 18.4 Å². The van der Waals surface area contributed by atoms with Gasteiger partial charge in [-0.25, -0.2) is 8.42 Å². The van der Waals surface area contributed by atoms with Crippen molar-refractivity contribution in [2.24, 2.45) is 0 Å². The monoisotopic (exact) mass is 690 g/mol. The third-order valence-electron chi connectivity index (χ3n) is 7.49. The first-order chi connectivity index (χ1) is 21.3. The van der Waals surface area contributed by atoms with Crippen molar-refractivity contribution >= 4 is 65.8 Å². The van der Waals surface area contributed by atoms with Crippen molar-refractivity contribution in [3.05, 3.63) is 88.8 Å². The third-order valence-corrected chi connectivity index (χ3v) is 11.1. The number of fused-ring (bicyclic) bond motifs is 1. The van der Waals surface area contributed by atoms with Gasteiger partial charge in [0, 0.05) is 42.9 Å². The molecule has 1 saturated heterocycles. The van der Waals surface area contributed by atoms with Crippen LogP contribution in [0.15, 0.2) is 82.9 Å². The maximum atomic E-state index is 14.4. The van der Waals surface area contributed by atoms with Crippen LogP contribution < -0.4 is 5.73 Å². The number of likely N-dealkylation sites (tertiary alicyclic amines) is 1. The standard InChI is InChI=1S/C29H28Cl2N6O6S2/c1-19-8-13-36(14-9-19)29(38)26(10-15-35-12-3-4-20(35)18-32)37(44(39,40)21-16-23(30)28(33)24(31)17-21)43-45(41,42)27-6-2-5-25-22(27)7-11-34-25/h2-7,11-12,16-17,26,34H,1,8-10,13-15,33H2. The minimum absolute atomic E-state index is 0.0289. The van der Waals surface area contributed by atoms with E-state index in [1.807, 2.05) is 6.07 Å². The van der Waals surface area contributed by atoms with Crippen LogP contribution in [0.2, 0.25) is 10.0 Å². The van der Waals surface area contributed by atoms with Gasteiger partial charge in [0.2, 0.25) is 5.91 Å². The smallest absolute Gasteiger partial charge is 0.314 e. The number of carbonyl (C=O) groups excluding carboxylic acids is 1. The number of nitrogen functional groups attached to an aromatic ring is 1. The highest BCUT2D eigenvalue weighted by atomic mass is 35.5. The molecule has 2 aromatic heterocycles. The first kappa shape index (κ1) is 32.6. The average Bonchev–Trinajstić information content (AvgIpc) is 3.68. The topological polar surface area (TPSA) is 172 Å². The van der Waals surface area contributed by atoms with Crippen LogP contribution in [0.3, 0.4) is 0 Å². The second-order valence-electron chi connectivity index (χ2n) is 10.4. The summed E-state index contributed by atoms with van der Waals surface area (Å²) in [7, 11) is -9.87. The number of halogens is 2. The van der Waals surface area contributed by atoms with Gasteiger partial charge in [-0.3, -0.25) is 4.79 Å². The van der Waals surface area contributed by atoms with Gasteiger partial charge in [0.05, 0.1) is 20.6 Å². The van der Waals surface area contributed by atoms with Crippen molar-refractivity contribution in [3.63, 3.8) is 0 Å². The highest BCUT2D eigenvalue weighted by Gasteiger charge is 2.43. The van der Waals surface area contributed by atoms with Crippen LogP contribution >= 0.6 is 23.2 Å². The molecule has 1 amide bonds. The summed E-state index contributed by atoms with van der Waals surface area (Å²) in [6.07, 6.45) is 3.82. The molecule has 236 valence electrons. The number of aromatic amines is 1. The molecule has 1 unspecified atom stereocenters. The number of aryl methyl sites for hydroxylation is 1. The first-order valence-electron chi connectivity index (χ1n) is 13.6. The lowest BCUT2D eigenvalue weighted by Gasteiger charge is -2.35. The van der Waals surface area contributed by atoms with E-state index in [2.05, 4.69) is 11.6 Å². The van der Waals surface area contributed by atoms with Gasteiger partial charge in [-0.2, -0.15) is 18.0 Å². The molecule has 5 rings (SSSR count). The molecule has 0 spiro atoms. The van der Waals surface area contributed by atoms with E-state index in [1.165, 1.54) is 33.9 Å². The van der Waals surface area contributed by atoms with Crippen molar-refractivity contribution < 1.29 is 25.9 Å². The second kappa shape index (κ2) is 12.9. The molecule has 0 radical (unpaired) electrons. The number of benzene rings is 2. The molecule has 3 heterocycles. The number of hydrogen-bond donors (Lipinski definition) is 2. The van der Waals surface area contributed by atoms with Gasteiger partial charge in [-0.15, -0.1) is 0 Å². The number of piperidine rings is 1. The molecule has 0 saturated carbocycles. The number of hydroxylamine groups is 1. The Labute approximate surface area is 270 Å². The molecule has 3 N–H and O–H groups in total. The van der Waals surface area contributed by atoms with Crippen LogP contribution in [0.4, 0.5) is 5.69 Å². The minimum Gasteiger partial charge on any atom is -0.396 e. The quantitative estimate of drug-likeness (QED) is 0.137. The van der Waals surface area contributed by atoms with Crippen LogP contribution in [-0.2, 0) is 35.8 Å². The van der Waals surface area contributed by atoms with Crippen molar-refractivity contribution in [1.29, 1.82) is 5.26 Å². The summed E-state index contributed by atoms with van der Waals surface area (Å²) in [5, 5.41) is 9.36. The number of sulfonamides is 1. The van der Waals surface area contributed by atoms with E-state index in [0.717, 1.165) is 17.7 Å². The number of hydrogen-bond acceptors (Lipinski definition) is 8. The summed E-state index contributed by atoms with van der Waals surface area (Å²) >= 11 is 12.4. The molecular formula is C29H28Cl2N6O6S2. The van der Waals surface area contributed by atoms with E-state index >= 15 is 0 Å². The Hall–Kier alpha value is -3.84. The number of nitrogens with zero attached hydrogens (tertiary/aromatic N) is 4. The number of H-pyrrole nitrogens is 1. The fraction of sp³-hybridized carbons (Fsp3) is 0.241. The highest BCUT2D eigenvalue weighted by molar-refractivity contribution is 7.90. The van der Waals surface area contributed by atoms with Crippen LogP contribution in [-0.4, -0.2) is 60.8 Å². The van der Waals surface area contributed by atoms with Crippen LogP contribution in [0.5, 0.6) is 0 Å². The van der Waals surface area contributed by atoms with Gasteiger partial charge in [0.25, 0.3) is 10.0 Å². The zero-order valence-electron chi connectivity index (χ0n) is 23.7. The van der Waals surface area contributed by atoms with E-state index in [9.17, 15) is 26.9 Å². The minimum atomic E-state index is -4.98. The molecule has 2 aromatic carbocycles. The third kappa shape index (κ3) is 6.60. The molecule has 16 heteroatoms. The first-order valence-corrected chi connectivity index (χ1v) is 17.2. The van der Waals surface area contributed by atoms with Crippen molar-refractivity contribution in [2.75, 3.05) is 18.8 Å². The summed E-state index contributed by atoms with van der Waals surface area (Å²) in [6.45, 7) is 4.41. The maximum Gasteiger partial charge on any atom is 0.314 e. The Bertz CT molecular complexity index is 2020. The Kier molecular flexibility index (Phi) is 9.31. The van der Waals surface area contributed by atoms with E-state index < -0.39 is 37.0 Å². The number of aromatic nitrogens is 2. The molecule has 1 aliphatic heterocycles. The zero-order valence-corrected chi connectivity index (χ0v) is 26.8. The molecule has 1 atom stereocenters. The van der Waals surface area contributed by atoms with Gasteiger partial charge >= 0.3 is 10.1 Å². The Morgan fingerprint density at radius 2 is 1.80 bits per heavy atom. The molecular weight excluding hydrogens is 663 g/mol. The zero-order chi connectivity index (χ0) is 32.5. The molecule has 0 bridgehead atoms. The molecule has 0 aliphatic carbocycles. The Morgan fingerprint density at radius 3 is 2.47 bits per heavy atom. The second-order valence-corrected chi connectivity index (χ2v) is 14.5. The van der Waals surface area contributed by atoms with Gasteiger partial charge in [0.15, 0.2) is 0 Å². The Balaban J connectivity index is 1.65. The number of nitriles is 1. The van der Waals surface area contributed by atoms with Crippen LogP contribution in [0.25, 0.3) is 10.9 Å². The summed E-state index contributed by atoms with van der Waals surface area (Å²) < 4.78 is 63.8. The Morgan fingerprint density at radius 1 is 1.11 bits per heavy atom. The largest absolute Gasteiger partial charge is 0.396 e. The van der Waals surface area contributed by atoms with Gasteiger partial charge < -0.3 is 20.2 Å². The lowest BCUT2D eigenvalue weighted by molar-refractivity contribution is -0.143. The fourth-order valence-corrected chi connectivity index (χ4v) is 8.55. The number of rotatable bonds is 10. The average molecular weight is 692 g/mol. The normalized spacial score (nSPS) is 15.0. The molecule has 1 fully saturated rings. The van der Waals surface area contributed by atoms with Crippen LogP contribution in [0.1, 0.15) is 25.0 Å². The number of anilines is 1. The molecule has 4 aromatic rings. The van der Waals surface area contributed by atoms with Gasteiger partial charge in [-0.05, 0) is 66.2 Å². The van der Waals surface area contributed by atoms with Crippen molar-refractivity contribution in [3.8, 4) is 6.07 Å². The van der Waals surface area contributed by atoms with Gasteiger partial charge in [0.1, 0.15) is 22.7 Å². The molecule has 12 nitrogen and oxygen atoms in total. The fourth-order valence-electron chi connectivity index (χ4n) is 5.03. The predicted octanol–water partition coefficient (Wildman–Crippen LogP) is 4.68. The summed E-state index contributed by atoms with van der Waals surface area (Å²) in [6, 6.07) is 11.4. The highest BCUT2D eigenvalue weighted by Crippen LogP contribution is 2.35. The SMILES string of the molecule is C=C1CCN(C(=O)C(CCn2cccc2C#N)N(OS(=O)(=O)c2cccc3[nH]ccc23)S(=O)(=O)c2cc(Cl)c(N)c(Cl)c2)CC1. The number of nitrogens with one attached hydrogen (secondary N) is 1. The number of carbonyl (C=O) groups is 1. The maximum absolute atomic E-state index is 14.4. The van der Waals surface area contributed by atoms with E-state index in [-0.39, 0.29) is 62.2 Å². The lowest BCUT2D eigenvalue weighted by atomic mass is 10.0. The summed E-state index contributed by atoms with van der Waals surface area (Å²) in [5.41, 5.74) is 7.40. The van der Waals surface area contributed by atoms with Crippen LogP contribution in [0, 0.1) is 11.3 Å².